The van der Waals surface area contributed by atoms with Gasteiger partial charge in [0.2, 0.25) is 0 Å². The second kappa shape index (κ2) is 9.47. The minimum atomic E-state index is -0.367. The number of rotatable bonds is 7. The Kier molecular flexibility index (Phi) is 7.29. The van der Waals surface area contributed by atoms with E-state index in [9.17, 15) is 4.79 Å². The van der Waals surface area contributed by atoms with Crippen LogP contribution in [0.5, 0.6) is 11.5 Å². The van der Waals surface area contributed by atoms with E-state index in [2.05, 4.69) is 0 Å². The first-order chi connectivity index (χ1) is 11.2. The number of carbonyl (C=O) groups is 1. The number of morpholine rings is 1. The Bertz CT molecular complexity index is 499. The fraction of sp³-hybridized carbons (Fsp3) is 0.562. The molecule has 1 aromatic rings. The molecule has 0 unspecified atom stereocenters. The van der Waals surface area contributed by atoms with E-state index >= 15 is 0 Å². The number of amides is 1. The first kappa shape index (κ1) is 17.7. The third-order valence-electron chi connectivity index (χ3n) is 3.27. The smallest absolute Gasteiger partial charge is 0.409 e. The highest BCUT2D eigenvalue weighted by atomic mass is 35.5. The van der Waals surface area contributed by atoms with Gasteiger partial charge in [-0.15, -0.1) is 11.6 Å². The van der Waals surface area contributed by atoms with Crippen LogP contribution >= 0.6 is 11.6 Å². The lowest BCUT2D eigenvalue weighted by molar-refractivity contribution is -0.0449. The van der Waals surface area contributed by atoms with Gasteiger partial charge in [0.1, 0.15) is 19.3 Å². The number of hydrogen-bond acceptors (Lipinski definition) is 5. The molecule has 1 saturated heterocycles. The van der Waals surface area contributed by atoms with E-state index in [1.54, 1.807) is 4.90 Å². The number of halogens is 1. The predicted octanol–water partition coefficient (Wildman–Crippen LogP) is 2.54. The summed E-state index contributed by atoms with van der Waals surface area (Å²) >= 11 is 5.52. The Hall–Kier alpha value is -1.66. The van der Waals surface area contributed by atoms with Gasteiger partial charge in [-0.05, 0) is 19.1 Å². The van der Waals surface area contributed by atoms with Gasteiger partial charge >= 0.3 is 6.09 Å². The number of alkyl halides is 1. The van der Waals surface area contributed by atoms with Crippen molar-refractivity contribution in [2.24, 2.45) is 0 Å². The minimum absolute atomic E-state index is 0.206. The summed E-state index contributed by atoms with van der Waals surface area (Å²) < 4.78 is 22.0. The number of hydrogen-bond donors (Lipinski definition) is 0. The van der Waals surface area contributed by atoms with Crippen LogP contribution in [0.1, 0.15) is 6.92 Å². The molecule has 2 rings (SSSR count). The lowest BCUT2D eigenvalue weighted by atomic mass is 10.3. The highest BCUT2D eigenvalue weighted by molar-refractivity contribution is 6.18. The lowest BCUT2D eigenvalue weighted by Gasteiger charge is -2.32. The van der Waals surface area contributed by atoms with Crippen LogP contribution in [0, 0.1) is 0 Å². The summed E-state index contributed by atoms with van der Waals surface area (Å²) in [5.41, 5.74) is 0. The molecule has 23 heavy (non-hydrogen) atoms. The van der Waals surface area contributed by atoms with E-state index < -0.39 is 0 Å². The van der Waals surface area contributed by atoms with Crippen LogP contribution in [0.3, 0.4) is 0 Å². The normalized spacial score (nSPS) is 17.7. The number of para-hydroxylation sites is 2. The highest BCUT2D eigenvalue weighted by Crippen LogP contribution is 2.26. The van der Waals surface area contributed by atoms with Gasteiger partial charge in [-0.3, -0.25) is 0 Å². The van der Waals surface area contributed by atoms with Crippen molar-refractivity contribution in [3.63, 3.8) is 0 Å². The average molecular weight is 344 g/mol. The summed E-state index contributed by atoms with van der Waals surface area (Å²) in [7, 11) is 0. The molecular formula is C16H22ClNO5. The number of ether oxygens (including phenoxy) is 4. The molecule has 1 aliphatic heterocycles. The molecule has 0 N–H and O–H groups in total. The molecule has 1 fully saturated rings. The summed E-state index contributed by atoms with van der Waals surface area (Å²) in [5, 5.41) is 0. The van der Waals surface area contributed by atoms with Crippen LogP contribution < -0.4 is 9.47 Å². The molecule has 6 nitrogen and oxygen atoms in total. The van der Waals surface area contributed by atoms with Crippen molar-refractivity contribution in [1.82, 2.24) is 4.90 Å². The molecule has 0 aliphatic carbocycles. The number of benzene rings is 1. The van der Waals surface area contributed by atoms with Crippen molar-refractivity contribution in [2.45, 2.75) is 13.0 Å². The Labute approximate surface area is 141 Å². The van der Waals surface area contributed by atoms with Crippen LogP contribution in [0.25, 0.3) is 0 Å². The van der Waals surface area contributed by atoms with Crippen LogP contribution in [0.4, 0.5) is 4.79 Å². The molecular weight excluding hydrogens is 322 g/mol. The highest BCUT2D eigenvalue weighted by Gasteiger charge is 2.26. The molecule has 1 aromatic carbocycles. The molecule has 0 saturated carbocycles. The van der Waals surface area contributed by atoms with Gasteiger partial charge in [-0.2, -0.15) is 0 Å². The van der Waals surface area contributed by atoms with Gasteiger partial charge in [-0.25, -0.2) is 4.79 Å². The average Bonchev–Trinajstić information content (AvgIpc) is 2.59. The topological polar surface area (TPSA) is 57.2 Å². The van der Waals surface area contributed by atoms with Gasteiger partial charge in [-0.1, -0.05) is 12.1 Å². The van der Waals surface area contributed by atoms with E-state index in [0.717, 1.165) is 0 Å². The molecule has 1 aliphatic rings. The lowest BCUT2D eigenvalue weighted by Crippen LogP contribution is -2.47. The summed E-state index contributed by atoms with van der Waals surface area (Å²) in [4.78, 5) is 13.5. The van der Waals surface area contributed by atoms with Gasteiger partial charge in [0.15, 0.2) is 11.5 Å². The van der Waals surface area contributed by atoms with Crippen molar-refractivity contribution in [3.05, 3.63) is 24.3 Å². The molecule has 0 spiro atoms. The van der Waals surface area contributed by atoms with E-state index in [4.69, 9.17) is 30.5 Å². The van der Waals surface area contributed by atoms with Crippen LogP contribution in [0.15, 0.2) is 24.3 Å². The molecule has 1 heterocycles. The maximum Gasteiger partial charge on any atom is 0.409 e. The van der Waals surface area contributed by atoms with E-state index in [0.29, 0.717) is 44.4 Å². The molecule has 1 amide bonds. The first-order valence-corrected chi connectivity index (χ1v) is 8.22. The maximum atomic E-state index is 11.8. The summed E-state index contributed by atoms with van der Waals surface area (Å²) in [6, 6.07) is 7.48. The molecule has 128 valence electrons. The van der Waals surface area contributed by atoms with Crippen molar-refractivity contribution >= 4 is 17.7 Å². The molecule has 7 heteroatoms. The van der Waals surface area contributed by atoms with Crippen molar-refractivity contribution in [2.75, 3.05) is 45.4 Å². The van der Waals surface area contributed by atoms with Crippen LogP contribution in [-0.2, 0) is 9.47 Å². The van der Waals surface area contributed by atoms with E-state index in [1.807, 2.05) is 31.2 Å². The second-order valence-corrected chi connectivity index (χ2v) is 5.31. The van der Waals surface area contributed by atoms with E-state index in [1.165, 1.54) is 0 Å². The fourth-order valence-electron chi connectivity index (χ4n) is 2.23. The zero-order valence-electron chi connectivity index (χ0n) is 13.2. The summed E-state index contributed by atoms with van der Waals surface area (Å²) in [5.74, 6) is 1.65. The third kappa shape index (κ3) is 5.48. The fourth-order valence-corrected chi connectivity index (χ4v) is 2.31. The zero-order valence-corrected chi connectivity index (χ0v) is 14.0. The third-order valence-corrected chi connectivity index (χ3v) is 3.43. The first-order valence-electron chi connectivity index (χ1n) is 7.68. The van der Waals surface area contributed by atoms with Crippen molar-refractivity contribution < 1.29 is 23.7 Å². The predicted molar refractivity (Wildman–Crippen MR) is 86.5 cm³/mol. The Balaban J connectivity index is 1.85. The molecule has 0 bridgehead atoms. The largest absolute Gasteiger partial charge is 0.490 e. The van der Waals surface area contributed by atoms with Crippen molar-refractivity contribution in [1.29, 1.82) is 0 Å². The van der Waals surface area contributed by atoms with Gasteiger partial charge in [0.25, 0.3) is 0 Å². The van der Waals surface area contributed by atoms with Crippen LogP contribution in [0.2, 0.25) is 0 Å². The quantitative estimate of drug-likeness (QED) is 0.712. The van der Waals surface area contributed by atoms with Crippen molar-refractivity contribution in [3.8, 4) is 11.5 Å². The number of nitrogens with zero attached hydrogens (tertiary/aromatic N) is 1. The summed E-state index contributed by atoms with van der Waals surface area (Å²) in [6.07, 6.45) is -0.573. The van der Waals surface area contributed by atoms with Crippen LogP contribution in [-0.4, -0.2) is 62.5 Å². The Morgan fingerprint density at radius 3 is 2.78 bits per heavy atom. The molecule has 0 radical (unpaired) electrons. The second-order valence-electron chi connectivity index (χ2n) is 4.93. The summed E-state index contributed by atoms with van der Waals surface area (Å²) in [6.45, 7) is 4.43. The Morgan fingerprint density at radius 1 is 1.35 bits per heavy atom. The SMILES string of the molecule is CCOc1ccccc1OC[C@@H]1CN(C(=O)OCCCl)CCO1. The van der Waals surface area contributed by atoms with Gasteiger partial charge < -0.3 is 23.8 Å². The maximum absolute atomic E-state index is 11.8. The Morgan fingerprint density at radius 2 is 2.09 bits per heavy atom. The zero-order chi connectivity index (χ0) is 16.5. The van der Waals surface area contributed by atoms with Gasteiger partial charge in [0.05, 0.1) is 25.6 Å². The minimum Gasteiger partial charge on any atom is -0.490 e. The molecule has 0 aromatic heterocycles. The van der Waals surface area contributed by atoms with E-state index in [-0.39, 0.29) is 24.7 Å². The van der Waals surface area contributed by atoms with Gasteiger partial charge in [0, 0.05) is 6.54 Å². The number of carbonyl (C=O) groups excluding carboxylic acids is 1. The standard InChI is InChI=1S/C16H22ClNO5/c1-2-20-14-5-3-4-6-15(14)23-12-13-11-18(8-10-21-13)16(19)22-9-7-17/h3-6,13H,2,7-12H2,1H3/t13-/m0/s1. The monoisotopic (exact) mass is 343 g/mol. The molecule has 1 atom stereocenters.